The van der Waals surface area contributed by atoms with Gasteiger partial charge < -0.3 is 5.32 Å². The maximum atomic E-state index is 11.5. The number of halogens is 1. The molecule has 5 heteroatoms. The molecule has 2 amide bonds. The van der Waals surface area contributed by atoms with E-state index in [0.29, 0.717) is 11.9 Å². The smallest absolute Gasteiger partial charge is 0.320 e. The van der Waals surface area contributed by atoms with Crippen molar-refractivity contribution in [2.45, 2.75) is 32.2 Å². The van der Waals surface area contributed by atoms with Gasteiger partial charge in [-0.3, -0.25) is 5.32 Å². The minimum Gasteiger partial charge on any atom is -0.335 e. The number of amides is 2. The molecule has 1 aliphatic rings. The van der Waals surface area contributed by atoms with Crippen LogP contribution in [0, 0.1) is 6.92 Å². The Morgan fingerprint density at radius 2 is 2.25 bits per heavy atom. The summed E-state index contributed by atoms with van der Waals surface area (Å²) in [6, 6.07) is 3.83. The number of pyridine rings is 1. The van der Waals surface area contributed by atoms with Gasteiger partial charge >= 0.3 is 6.03 Å². The van der Waals surface area contributed by atoms with Gasteiger partial charge in [-0.1, -0.05) is 0 Å². The normalized spacial score (nSPS) is 15.4. The number of rotatable bonds is 2. The van der Waals surface area contributed by atoms with Crippen LogP contribution in [0.1, 0.15) is 25.0 Å². The van der Waals surface area contributed by atoms with E-state index in [4.69, 9.17) is 0 Å². The van der Waals surface area contributed by atoms with Crippen LogP contribution in [0.25, 0.3) is 0 Å². The van der Waals surface area contributed by atoms with Gasteiger partial charge in [0.25, 0.3) is 0 Å². The summed E-state index contributed by atoms with van der Waals surface area (Å²) in [5.74, 6) is 0.581. The van der Waals surface area contributed by atoms with Gasteiger partial charge in [0.1, 0.15) is 5.82 Å². The number of hydrogen-bond acceptors (Lipinski definition) is 2. The molecule has 2 N–H and O–H groups in total. The molecule has 0 saturated heterocycles. The van der Waals surface area contributed by atoms with Crippen LogP contribution in [-0.2, 0) is 0 Å². The van der Waals surface area contributed by atoms with E-state index in [9.17, 15) is 4.79 Å². The first-order chi connectivity index (χ1) is 7.65. The number of nitrogens with zero attached hydrogens (tertiary/aromatic N) is 1. The highest BCUT2D eigenvalue weighted by atomic mass is 79.9. The monoisotopic (exact) mass is 283 g/mol. The van der Waals surface area contributed by atoms with Gasteiger partial charge in [0.05, 0.1) is 5.69 Å². The summed E-state index contributed by atoms with van der Waals surface area (Å²) in [6.07, 6.45) is 3.38. The second-order valence-corrected chi connectivity index (χ2v) is 4.84. The van der Waals surface area contributed by atoms with Crippen LogP contribution >= 0.6 is 15.9 Å². The lowest BCUT2D eigenvalue weighted by molar-refractivity contribution is 0.240. The zero-order chi connectivity index (χ0) is 11.5. The number of nitrogens with one attached hydrogen (secondary N) is 2. The summed E-state index contributed by atoms with van der Waals surface area (Å²) in [6.45, 7) is 1.89. The molecule has 16 heavy (non-hydrogen) atoms. The van der Waals surface area contributed by atoms with Crippen molar-refractivity contribution < 1.29 is 4.79 Å². The summed E-state index contributed by atoms with van der Waals surface area (Å²) in [5, 5.41) is 5.62. The largest absolute Gasteiger partial charge is 0.335 e. The predicted molar refractivity (Wildman–Crippen MR) is 66.5 cm³/mol. The van der Waals surface area contributed by atoms with Crippen molar-refractivity contribution in [3.8, 4) is 0 Å². The number of carbonyl (C=O) groups excluding carboxylic acids is 1. The molecule has 1 fully saturated rings. The number of anilines is 1. The summed E-state index contributed by atoms with van der Waals surface area (Å²) in [5.41, 5.74) is 0.862. The average molecular weight is 284 g/mol. The van der Waals surface area contributed by atoms with Crippen LogP contribution in [0.2, 0.25) is 0 Å². The van der Waals surface area contributed by atoms with E-state index in [1.807, 2.05) is 13.0 Å². The van der Waals surface area contributed by atoms with E-state index in [1.165, 1.54) is 6.42 Å². The van der Waals surface area contributed by atoms with Crippen LogP contribution < -0.4 is 10.6 Å². The Labute approximate surface area is 103 Å². The van der Waals surface area contributed by atoms with Crippen LogP contribution in [0.4, 0.5) is 10.6 Å². The third-order valence-corrected chi connectivity index (χ3v) is 3.54. The van der Waals surface area contributed by atoms with Crippen molar-refractivity contribution in [1.82, 2.24) is 10.3 Å². The first-order valence-electron chi connectivity index (χ1n) is 5.36. The third-order valence-electron chi connectivity index (χ3n) is 2.70. The summed E-state index contributed by atoms with van der Waals surface area (Å²) < 4.78 is 0.942. The fraction of sp³-hybridized carbons (Fsp3) is 0.455. The number of hydrogen-bond donors (Lipinski definition) is 2. The molecule has 0 aliphatic heterocycles. The molecule has 86 valence electrons. The van der Waals surface area contributed by atoms with Gasteiger partial charge in [-0.25, -0.2) is 9.78 Å². The minimum atomic E-state index is -0.168. The highest BCUT2D eigenvalue weighted by Gasteiger charge is 2.19. The Morgan fingerprint density at radius 3 is 2.81 bits per heavy atom. The molecule has 0 radical (unpaired) electrons. The molecule has 0 atom stereocenters. The molecular weight excluding hydrogens is 270 g/mol. The molecule has 1 aromatic rings. The quantitative estimate of drug-likeness (QED) is 0.877. The first kappa shape index (κ1) is 11.4. The molecule has 1 aliphatic carbocycles. The van der Waals surface area contributed by atoms with E-state index in [1.54, 1.807) is 6.07 Å². The molecular formula is C11H14BrN3O. The second kappa shape index (κ2) is 4.82. The lowest BCUT2D eigenvalue weighted by atomic mass is 9.93. The van der Waals surface area contributed by atoms with Crippen molar-refractivity contribution in [1.29, 1.82) is 0 Å². The second-order valence-electron chi connectivity index (χ2n) is 3.99. The van der Waals surface area contributed by atoms with Crippen LogP contribution in [-0.4, -0.2) is 17.1 Å². The van der Waals surface area contributed by atoms with Crippen LogP contribution in [0.5, 0.6) is 0 Å². The van der Waals surface area contributed by atoms with Crippen LogP contribution in [0.15, 0.2) is 16.6 Å². The van der Waals surface area contributed by atoms with Gasteiger partial charge in [-0.15, -0.1) is 0 Å². The first-order valence-corrected chi connectivity index (χ1v) is 6.15. The van der Waals surface area contributed by atoms with E-state index >= 15 is 0 Å². The highest BCUT2D eigenvalue weighted by molar-refractivity contribution is 9.10. The van der Waals surface area contributed by atoms with Gasteiger partial charge in [-0.2, -0.15) is 0 Å². The molecule has 1 saturated carbocycles. The molecule has 1 heterocycles. The number of aryl methyl sites for hydroxylation is 1. The zero-order valence-corrected chi connectivity index (χ0v) is 10.7. The summed E-state index contributed by atoms with van der Waals surface area (Å²) in [4.78, 5) is 15.8. The summed E-state index contributed by atoms with van der Waals surface area (Å²) >= 11 is 3.37. The average Bonchev–Trinajstić information content (AvgIpc) is 2.18. The Morgan fingerprint density at radius 1 is 1.50 bits per heavy atom. The topological polar surface area (TPSA) is 54.0 Å². The highest BCUT2D eigenvalue weighted by Crippen LogP contribution is 2.19. The molecule has 4 nitrogen and oxygen atoms in total. The molecule has 0 aromatic carbocycles. The van der Waals surface area contributed by atoms with Crippen molar-refractivity contribution in [2.24, 2.45) is 0 Å². The standard InChI is InChI=1S/C11H14BrN3O/c1-7-9(12)5-6-10(13-7)15-11(16)14-8-3-2-4-8/h5-6,8H,2-4H2,1H3,(H2,13,14,15,16). The molecule has 0 bridgehead atoms. The number of urea groups is 1. The van der Waals surface area contributed by atoms with Crippen molar-refractivity contribution >= 4 is 27.8 Å². The van der Waals surface area contributed by atoms with Gasteiger partial charge in [-0.05, 0) is 54.2 Å². The molecule has 0 unspecified atom stereocenters. The Balaban J connectivity index is 1.92. The minimum absolute atomic E-state index is 0.168. The SMILES string of the molecule is Cc1nc(NC(=O)NC2CCC2)ccc1Br. The van der Waals surface area contributed by atoms with Gasteiger partial charge in [0, 0.05) is 10.5 Å². The Hall–Kier alpha value is -1.10. The van der Waals surface area contributed by atoms with Crippen molar-refractivity contribution in [2.75, 3.05) is 5.32 Å². The van der Waals surface area contributed by atoms with Gasteiger partial charge in [0.2, 0.25) is 0 Å². The predicted octanol–water partition coefficient (Wildman–Crippen LogP) is 2.83. The maximum absolute atomic E-state index is 11.5. The van der Waals surface area contributed by atoms with Crippen molar-refractivity contribution in [3.63, 3.8) is 0 Å². The van der Waals surface area contributed by atoms with E-state index in [2.05, 4.69) is 31.5 Å². The molecule has 0 spiro atoms. The fourth-order valence-electron chi connectivity index (χ4n) is 1.50. The number of aromatic nitrogens is 1. The van der Waals surface area contributed by atoms with E-state index in [0.717, 1.165) is 23.0 Å². The molecule has 1 aromatic heterocycles. The van der Waals surface area contributed by atoms with Crippen molar-refractivity contribution in [3.05, 3.63) is 22.3 Å². The number of carbonyl (C=O) groups is 1. The Bertz CT molecular complexity index is 404. The lowest BCUT2D eigenvalue weighted by Gasteiger charge is -2.26. The zero-order valence-electron chi connectivity index (χ0n) is 9.09. The van der Waals surface area contributed by atoms with E-state index < -0.39 is 0 Å². The third kappa shape index (κ3) is 2.72. The maximum Gasteiger partial charge on any atom is 0.320 e. The van der Waals surface area contributed by atoms with Gasteiger partial charge in [0.15, 0.2) is 0 Å². The fourth-order valence-corrected chi connectivity index (χ4v) is 1.72. The lowest BCUT2D eigenvalue weighted by Crippen LogP contribution is -2.42. The summed E-state index contributed by atoms with van der Waals surface area (Å²) in [7, 11) is 0. The van der Waals surface area contributed by atoms with Crippen LogP contribution in [0.3, 0.4) is 0 Å². The Kier molecular flexibility index (Phi) is 3.43. The molecule has 2 rings (SSSR count). The van der Waals surface area contributed by atoms with E-state index in [-0.39, 0.29) is 6.03 Å².